The molecule has 0 spiro atoms. The van der Waals surface area contributed by atoms with Gasteiger partial charge in [-0.2, -0.15) is 13.2 Å². The molecule has 1 aromatic carbocycles. The van der Waals surface area contributed by atoms with E-state index in [0.29, 0.717) is 6.07 Å². The predicted molar refractivity (Wildman–Crippen MR) is 51.6 cm³/mol. The van der Waals surface area contributed by atoms with E-state index in [4.69, 9.17) is 17.3 Å². The summed E-state index contributed by atoms with van der Waals surface area (Å²) in [6.45, 7) is 0. The molecule has 0 aliphatic rings. The highest BCUT2D eigenvalue weighted by Gasteiger charge is 2.37. The second-order valence-corrected chi connectivity index (χ2v) is 3.10. The van der Waals surface area contributed by atoms with Gasteiger partial charge in [-0.25, -0.2) is 4.39 Å². The van der Waals surface area contributed by atoms with Crippen molar-refractivity contribution in [2.45, 2.75) is 12.2 Å². The molecule has 0 aromatic heterocycles. The number of hydrogen-bond donors (Lipinski definition) is 1. The van der Waals surface area contributed by atoms with Crippen molar-refractivity contribution in [3.05, 3.63) is 34.6 Å². The minimum Gasteiger partial charge on any atom is -0.316 e. The van der Waals surface area contributed by atoms with Crippen LogP contribution in [0.2, 0.25) is 5.02 Å². The molecule has 0 unspecified atom stereocenters. The highest BCUT2D eigenvalue weighted by Crippen LogP contribution is 2.31. The molecule has 1 nitrogen and oxygen atoms in total. The Hall–Kier alpha value is -0.520. The topological polar surface area (TPSA) is 26.0 Å². The third kappa shape index (κ3) is 3.52. The third-order valence-corrected chi connectivity index (χ3v) is 1.96. The molecule has 86 valence electrons. The third-order valence-electron chi connectivity index (χ3n) is 1.66. The van der Waals surface area contributed by atoms with E-state index >= 15 is 0 Å². The van der Waals surface area contributed by atoms with E-state index < -0.39 is 18.0 Å². The summed E-state index contributed by atoms with van der Waals surface area (Å²) < 4.78 is 49.0. The summed E-state index contributed by atoms with van der Waals surface area (Å²) in [5.41, 5.74) is 4.51. The first-order chi connectivity index (χ1) is 6.32. The molecule has 7 heteroatoms. The molecular formula is C8H7Cl2F4N. The molecule has 0 aliphatic heterocycles. The predicted octanol–water partition coefficient (Wildman–Crippen LogP) is 3.46. The van der Waals surface area contributed by atoms with E-state index in [-0.39, 0.29) is 23.0 Å². The van der Waals surface area contributed by atoms with Crippen molar-refractivity contribution in [1.29, 1.82) is 0 Å². The van der Waals surface area contributed by atoms with Gasteiger partial charge < -0.3 is 5.73 Å². The Morgan fingerprint density at radius 3 is 2.20 bits per heavy atom. The van der Waals surface area contributed by atoms with Crippen molar-refractivity contribution < 1.29 is 17.6 Å². The van der Waals surface area contributed by atoms with Crippen LogP contribution in [0.5, 0.6) is 0 Å². The van der Waals surface area contributed by atoms with Gasteiger partial charge in [0.05, 0.1) is 5.02 Å². The first-order valence-electron chi connectivity index (χ1n) is 3.59. The van der Waals surface area contributed by atoms with Gasteiger partial charge in [0.1, 0.15) is 11.9 Å². The molecule has 0 bridgehead atoms. The molecule has 1 atom stereocenters. The maximum Gasteiger partial charge on any atom is 0.407 e. The monoisotopic (exact) mass is 263 g/mol. The van der Waals surface area contributed by atoms with Crippen LogP contribution in [0.15, 0.2) is 18.2 Å². The average Bonchev–Trinajstić information content (AvgIpc) is 2.07. The van der Waals surface area contributed by atoms with Gasteiger partial charge in [0.2, 0.25) is 0 Å². The van der Waals surface area contributed by atoms with Crippen molar-refractivity contribution in [2.75, 3.05) is 0 Å². The minimum absolute atomic E-state index is 0. The van der Waals surface area contributed by atoms with Gasteiger partial charge in [-0.15, -0.1) is 12.4 Å². The van der Waals surface area contributed by atoms with Gasteiger partial charge >= 0.3 is 6.18 Å². The fourth-order valence-electron chi connectivity index (χ4n) is 0.895. The van der Waals surface area contributed by atoms with Crippen molar-refractivity contribution >= 4 is 24.0 Å². The lowest BCUT2D eigenvalue weighted by Crippen LogP contribution is -2.28. The Morgan fingerprint density at radius 1 is 1.27 bits per heavy atom. The summed E-state index contributed by atoms with van der Waals surface area (Å²) in [6, 6.07) is 0.580. The van der Waals surface area contributed by atoms with E-state index in [2.05, 4.69) is 0 Å². The maximum atomic E-state index is 12.8. The molecule has 0 amide bonds. The summed E-state index contributed by atoms with van der Waals surface area (Å²) in [5.74, 6) is -0.913. The summed E-state index contributed by atoms with van der Waals surface area (Å²) in [4.78, 5) is 0. The molecule has 0 radical (unpaired) electrons. The molecule has 0 aliphatic carbocycles. The zero-order chi connectivity index (χ0) is 10.9. The molecular weight excluding hydrogens is 257 g/mol. The molecule has 15 heavy (non-hydrogen) atoms. The number of hydrogen-bond acceptors (Lipinski definition) is 1. The lowest BCUT2D eigenvalue weighted by atomic mass is 10.1. The van der Waals surface area contributed by atoms with Gasteiger partial charge in [-0.1, -0.05) is 17.7 Å². The lowest BCUT2D eigenvalue weighted by molar-refractivity contribution is -0.149. The summed E-state index contributed by atoms with van der Waals surface area (Å²) >= 11 is 5.30. The number of rotatable bonds is 1. The molecule has 0 saturated heterocycles. The van der Waals surface area contributed by atoms with Gasteiger partial charge in [0.15, 0.2) is 0 Å². The number of benzene rings is 1. The fourth-order valence-corrected chi connectivity index (χ4v) is 1.01. The number of nitrogens with two attached hydrogens (primary N) is 1. The fraction of sp³-hybridized carbons (Fsp3) is 0.250. The Labute approximate surface area is 94.6 Å². The molecule has 0 fully saturated rings. The summed E-state index contributed by atoms with van der Waals surface area (Å²) in [7, 11) is 0. The van der Waals surface area contributed by atoms with E-state index in [0.717, 1.165) is 12.1 Å². The van der Waals surface area contributed by atoms with Crippen LogP contribution in [0, 0.1) is 5.82 Å². The zero-order valence-corrected chi connectivity index (χ0v) is 8.76. The van der Waals surface area contributed by atoms with E-state index in [9.17, 15) is 17.6 Å². The Morgan fingerprint density at radius 2 is 1.80 bits per heavy atom. The molecule has 0 heterocycles. The number of alkyl halides is 3. The second kappa shape index (κ2) is 5.01. The lowest BCUT2D eigenvalue weighted by Gasteiger charge is -2.15. The average molecular weight is 264 g/mol. The van der Waals surface area contributed by atoms with Crippen molar-refractivity contribution in [3.63, 3.8) is 0 Å². The Kier molecular flexibility index (Phi) is 4.83. The van der Waals surface area contributed by atoms with Gasteiger partial charge in [0.25, 0.3) is 0 Å². The minimum atomic E-state index is -4.58. The summed E-state index contributed by atoms with van der Waals surface area (Å²) in [6.07, 6.45) is -4.58. The van der Waals surface area contributed by atoms with Gasteiger partial charge in [-0.05, 0) is 17.7 Å². The largest absolute Gasteiger partial charge is 0.407 e. The first-order valence-corrected chi connectivity index (χ1v) is 3.97. The van der Waals surface area contributed by atoms with Crippen LogP contribution < -0.4 is 5.73 Å². The normalized spacial score (nSPS) is 13.2. The Balaban J connectivity index is 0.00000196. The molecule has 2 N–H and O–H groups in total. The maximum absolute atomic E-state index is 12.8. The van der Waals surface area contributed by atoms with Crippen LogP contribution in [0.25, 0.3) is 0 Å². The van der Waals surface area contributed by atoms with E-state index in [1.165, 1.54) is 0 Å². The second-order valence-electron chi connectivity index (χ2n) is 2.69. The van der Waals surface area contributed by atoms with Crippen molar-refractivity contribution in [2.24, 2.45) is 5.73 Å². The van der Waals surface area contributed by atoms with Crippen molar-refractivity contribution in [1.82, 2.24) is 0 Å². The molecule has 0 saturated carbocycles. The van der Waals surface area contributed by atoms with Crippen LogP contribution in [0.3, 0.4) is 0 Å². The summed E-state index contributed by atoms with van der Waals surface area (Å²) in [5, 5.41) is -0.233. The first kappa shape index (κ1) is 14.5. The van der Waals surface area contributed by atoms with Crippen LogP contribution in [-0.2, 0) is 0 Å². The number of halogens is 6. The standard InChI is InChI=1S/C8H6ClF4N.ClH/c9-5-2-1-4(3-6(5)10)7(14)8(11,12)13;/h1-3,7H,14H2;1H/t7-;/m0./s1. The highest BCUT2D eigenvalue weighted by molar-refractivity contribution is 6.30. The van der Waals surface area contributed by atoms with E-state index in [1.807, 2.05) is 0 Å². The Bertz CT molecular complexity index is 340. The highest BCUT2D eigenvalue weighted by atomic mass is 35.5. The quantitative estimate of drug-likeness (QED) is 0.772. The SMILES string of the molecule is Cl.N[C@@H](c1ccc(Cl)c(F)c1)C(F)(F)F. The van der Waals surface area contributed by atoms with Crippen molar-refractivity contribution in [3.8, 4) is 0 Å². The molecule has 1 rings (SSSR count). The smallest absolute Gasteiger partial charge is 0.316 e. The van der Waals surface area contributed by atoms with Crippen LogP contribution in [0.4, 0.5) is 17.6 Å². The zero-order valence-electron chi connectivity index (χ0n) is 7.18. The van der Waals surface area contributed by atoms with Crippen LogP contribution >= 0.6 is 24.0 Å². The molecule has 1 aromatic rings. The van der Waals surface area contributed by atoms with Gasteiger partial charge in [-0.3, -0.25) is 0 Å². The van der Waals surface area contributed by atoms with Crippen LogP contribution in [0.1, 0.15) is 11.6 Å². The van der Waals surface area contributed by atoms with Crippen LogP contribution in [-0.4, -0.2) is 6.18 Å². The van der Waals surface area contributed by atoms with Gasteiger partial charge in [0, 0.05) is 0 Å². The van der Waals surface area contributed by atoms with E-state index in [1.54, 1.807) is 0 Å².